The van der Waals surface area contributed by atoms with E-state index in [1.165, 1.54) is 424 Å². The van der Waals surface area contributed by atoms with Crippen LogP contribution in [-0.4, -0.2) is 47.4 Å². The lowest BCUT2D eigenvalue weighted by molar-refractivity contribution is -0.143. The van der Waals surface area contributed by atoms with Gasteiger partial charge in [0.25, 0.3) is 0 Å². The maximum absolute atomic E-state index is 12.6. The van der Waals surface area contributed by atoms with Crippen LogP contribution < -0.4 is 5.32 Å². The molecule has 0 heterocycles. The van der Waals surface area contributed by atoms with Gasteiger partial charge in [0.1, 0.15) is 0 Å². The highest BCUT2D eigenvalue weighted by molar-refractivity contribution is 5.76. The molecule has 0 aromatic rings. The molecular formula is C85H167NO5. The zero-order chi connectivity index (χ0) is 65.6. The molecule has 3 N–H and O–H groups in total. The van der Waals surface area contributed by atoms with Crippen LogP contribution >= 0.6 is 0 Å². The second-order valence-corrected chi connectivity index (χ2v) is 29.5. The largest absolute Gasteiger partial charge is 0.466 e. The van der Waals surface area contributed by atoms with Gasteiger partial charge in [-0.15, -0.1) is 0 Å². The quantitative estimate of drug-likeness (QED) is 0.0320. The second-order valence-electron chi connectivity index (χ2n) is 29.5. The topological polar surface area (TPSA) is 95.9 Å². The fraction of sp³-hybridized carbons (Fsp3) is 0.953. The van der Waals surface area contributed by atoms with Crippen LogP contribution in [0.15, 0.2) is 12.2 Å². The summed E-state index contributed by atoms with van der Waals surface area (Å²) in [7, 11) is 0. The molecule has 6 heteroatoms. The highest BCUT2D eigenvalue weighted by Crippen LogP contribution is 2.21. The van der Waals surface area contributed by atoms with Crippen LogP contribution in [0.4, 0.5) is 0 Å². The molecule has 0 bridgehead atoms. The molecule has 2 unspecified atom stereocenters. The lowest BCUT2D eigenvalue weighted by Gasteiger charge is -2.22. The van der Waals surface area contributed by atoms with Crippen LogP contribution in [0.3, 0.4) is 0 Å². The van der Waals surface area contributed by atoms with E-state index in [0.717, 1.165) is 38.5 Å². The molecular weight excluding hydrogens is 1110 g/mol. The Labute approximate surface area is 571 Å². The zero-order valence-corrected chi connectivity index (χ0v) is 62.4. The van der Waals surface area contributed by atoms with E-state index in [-0.39, 0.29) is 18.5 Å². The Morgan fingerprint density at radius 3 is 0.780 bits per heavy atom. The summed E-state index contributed by atoms with van der Waals surface area (Å²) in [5, 5.41) is 23.4. The van der Waals surface area contributed by atoms with Gasteiger partial charge in [0.2, 0.25) is 5.91 Å². The molecule has 0 aliphatic rings. The summed E-state index contributed by atoms with van der Waals surface area (Å²) in [4.78, 5) is 24.7. The Hall–Kier alpha value is -1.40. The summed E-state index contributed by atoms with van der Waals surface area (Å²) in [6, 6.07) is -0.538. The number of esters is 1. The van der Waals surface area contributed by atoms with Gasteiger partial charge in [-0.25, -0.2) is 0 Å². The third-order valence-corrected chi connectivity index (χ3v) is 20.3. The number of aliphatic hydroxyl groups excluding tert-OH is 2. The summed E-state index contributed by atoms with van der Waals surface area (Å²) in [5.74, 6) is 0.00240. The van der Waals surface area contributed by atoms with Crippen LogP contribution in [0.25, 0.3) is 0 Å². The van der Waals surface area contributed by atoms with Crippen molar-refractivity contribution in [1.82, 2.24) is 5.32 Å². The Morgan fingerprint density at radius 1 is 0.297 bits per heavy atom. The molecule has 0 saturated carbocycles. The predicted octanol–water partition coefficient (Wildman–Crippen LogP) is 28.2. The normalized spacial score (nSPS) is 12.4. The van der Waals surface area contributed by atoms with Crippen molar-refractivity contribution in [1.29, 1.82) is 0 Å². The highest BCUT2D eigenvalue weighted by Gasteiger charge is 2.20. The first kappa shape index (κ1) is 89.6. The standard InChI is InChI=1S/C85H167NO5/c1-3-5-7-9-11-13-15-17-19-21-46-49-53-57-61-65-69-73-77-83(88)82(81-87)86-84(89)78-74-70-66-62-58-54-50-47-43-41-39-37-35-33-31-29-27-25-23-22-24-26-28-30-32-34-36-38-40-42-44-48-52-56-60-64-68-72-76-80-91-85(90)79-75-71-67-63-59-55-51-45-20-18-16-14-12-10-8-6-4-2/h22-23,82-83,87-88H,3-21,24-81H2,1-2H3,(H,86,89)/b23-22-. The molecule has 0 rings (SSSR count). The molecule has 1 amide bonds. The molecule has 0 aliphatic heterocycles. The minimum atomic E-state index is -0.661. The van der Waals surface area contributed by atoms with Gasteiger partial charge in [-0.05, 0) is 51.4 Å². The van der Waals surface area contributed by atoms with E-state index in [4.69, 9.17) is 4.74 Å². The zero-order valence-electron chi connectivity index (χ0n) is 62.4. The van der Waals surface area contributed by atoms with E-state index in [2.05, 4.69) is 31.3 Å². The number of carbonyl (C=O) groups is 2. The first-order valence-corrected chi connectivity index (χ1v) is 42.4. The molecule has 6 nitrogen and oxygen atoms in total. The van der Waals surface area contributed by atoms with E-state index in [1.54, 1.807) is 0 Å². The van der Waals surface area contributed by atoms with Crippen LogP contribution in [0.2, 0.25) is 0 Å². The predicted molar refractivity (Wildman–Crippen MR) is 403 cm³/mol. The van der Waals surface area contributed by atoms with Gasteiger partial charge >= 0.3 is 5.97 Å². The Kier molecular flexibility index (Phi) is 79.8. The van der Waals surface area contributed by atoms with Gasteiger partial charge in [-0.2, -0.15) is 0 Å². The third kappa shape index (κ3) is 77.5. The number of nitrogens with one attached hydrogen (secondary N) is 1. The van der Waals surface area contributed by atoms with Crippen LogP contribution in [0.1, 0.15) is 495 Å². The van der Waals surface area contributed by atoms with E-state index in [1.807, 2.05) is 0 Å². The second kappa shape index (κ2) is 81.0. The Morgan fingerprint density at radius 2 is 0.516 bits per heavy atom. The molecule has 0 saturated heterocycles. The Balaban J connectivity index is 3.30. The van der Waals surface area contributed by atoms with E-state index >= 15 is 0 Å². The molecule has 0 spiro atoms. The van der Waals surface area contributed by atoms with E-state index < -0.39 is 12.1 Å². The van der Waals surface area contributed by atoms with Gasteiger partial charge in [0.15, 0.2) is 0 Å². The minimum absolute atomic E-state index is 0.0254. The smallest absolute Gasteiger partial charge is 0.305 e. The number of aliphatic hydroxyl groups is 2. The third-order valence-electron chi connectivity index (χ3n) is 20.3. The summed E-state index contributed by atoms with van der Waals surface area (Å²) in [6.45, 7) is 5.02. The first-order valence-electron chi connectivity index (χ1n) is 42.4. The maximum Gasteiger partial charge on any atom is 0.305 e. The Bertz CT molecular complexity index is 1380. The molecule has 0 aliphatic carbocycles. The van der Waals surface area contributed by atoms with Gasteiger partial charge in [-0.3, -0.25) is 9.59 Å². The summed E-state index contributed by atoms with van der Waals surface area (Å²) >= 11 is 0. The average molecular weight is 1280 g/mol. The van der Waals surface area contributed by atoms with Crippen LogP contribution in [0.5, 0.6) is 0 Å². The number of allylic oxidation sites excluding steroid dienone is 2. The molecule has 91 heavy (non-hydrogen) atoms. The van der Waals surface area contributed by atoms with Gasteiger partial charge in [0, 0.05) is 12.8 Å². The van der Waals surface area contributed by atoms with Crippen molar-refractivity contribution in [3.63, 3.8) is 0 Å². The molecule has 0 fully saturated rings. The number of hydrogen-bond donors (Lipinski definition) is 3. The average Bonchev–Trinajstić information content (AvgIpc) is 3.73. The van der Waals surface area contributed by atoms with Gasteiger partial charge < -0.3 is 20.3 Å². The van der Waals surface area contributed by atoms with Gasteiger partial charge in [0.05, 0.1) is 25.4 Å². The lowest BCUT2D eigenvalue weighted by atomic mass is 10.0. The summed E-state index contributed by atoms with van der Waals surface area (Å²) < 4.78 is 5.52. The number of rotatable bonds is 81. The number of ether oxygens (including phenoxy) is 1. The van der Waals surface area contributed by atoms with Crippen molar-refractivity contribution in [3.8, 4) is 0 Å². The number of carbonyl (C=O) groups excluding carboxylic acids is 2. The summed E-state index contributed by atoms with van der Waals surface area (Å²) in [5.41, 5.74) is 0. The highest BCUT2D eigenvalue weighted by atomic mass is 16.5. The number of hydrogen-bond acceptors (Lipinski definition) is 5. The first-order chi connectivity index (χ1) is 45.0. The molecule has 0 radical (unpaired) electrons. The van der Waals surface area contributed by atoms with Crippen molar-refractivity contribution in [3.05, 3.63) is 12.2 Å². The summed E-state index contributed by atoms with van der Waals surface area (Å²) in [6.07, 6.45) is 103. The molecule has 0 aromatic heterocycles. The van der Waals surface area contributed by atoms with Crippen molar-refractivity contribution in [2.45, 2.75) is 508 Å². The minimum Gasteiger partial charge on any atom is -0.466 e. The van der Waals surface area contributed by atoms with Crippen LogP contribution in [0, 0.1) is 0 Å². The fourth-order valence-corrected chi connectivity index (χ4v) is 13.9. The monoisotopic (exact) mass is 1280 g/mol. The number of amides is 1. The molecule has 2 atom stereocenters. The van der Waals surface area contributed by atoms with Crippen LogP contribution in [-0.2, 0) is 14.3 Å². The molecule has 0 aromatic carbocycles. The van der Waals surface area contributed by atoms with Crippen molar-refractivity contribution >= 4 is 11.9 Å². The molecule has 542 valence electrons. The van der Waals surface area contributed by atoms with Crippen molar-refractivity contribution in [2.75, 3.05) is 13.2 Å². The van der Waals surface area contributed by atoms with Crippen molar-refractivity contribution < 1.29 is 24.5 Å². The van der Waals surface area contributed by atoms with E-state index in [0.29, 0.717) is 25.9 Å². The fourth-order valence-electron chi connectivity index (χ4n) is 13.9. The van der Waals surface area contributed by atoms with Crippen molar-refractivity contribution in [2.24, 2.45) is 0 Å². The number of unbranched alkanes of at least 4 members (excludes halogenated alkanes) is 68. The lowest BCUT2D eigenvalue weighted by Crippen LogP contribution is -2.45. The maximum atomic E-state index is 12.6. The van der Waals surface area contributed by atoms with Gasteiger partial charge in [-0.1, -0.05) is 443 Å². The SMILES string of the molecule is CCCCCCCCCCCCCCCCCCCCC(O)C(CO)NC(=O)CCCCCCCCCCCCCCCCCCC/C=C\CCCCCCCCCCCCCCCCCCCCOC(=O)CCCCCCCCCCCCCCCCCCC. The van der Waals surface area contributed by atoms with E-state index in [9.17, 15) is 19.8 Å².